The fourth-order valence-electron chi connectivity index (χ4n) is 2.09. The Hall–Kier alpha value is -1.84. The fourth-order valence-corrected chi connectivity index (χ4v) is 2.59. The van der Waals surface area contributed by atoms with Gasteiger partial charge in [-0.1, -0.05) is 66.9 Å². The molecule has 0 saturated heterocycles. The van der Waals surface area contributed by atoms with Crippen LogP contribution in [0.5, 0.6) is 0 Å². The highest BCUT2D eigenvalue weighted by molar-refractivity contribution is 6.36. The fraction of sp³-hybridized carbons (Fsp3) is 0.222. The number of nitrogens with one attached hydrogen (secondary N) is 1. The number of benzene rings is 2. The van der Waals surface area contributed by atoms with Gasteiger partial charge in [0.2, 0.25) is 0 Å². The molecule has 120 valence electrons. The lowest BCUT2D eigenvalue weighted by molar-refractivity contribution is 0.0955. The lowest BCUT2D eigenvalue weighted by Gasteiger charge is -2.08. The highest BCUT2D eigenvalue weighted by atomic mass is 35.5. The van der Waals surface area contributed by atoms with Crippen LogP contribution in [0.25, 0.3) is 0 Å². The number of halogens is 2. The number of carbonyl (C=O) groups excluding carboxylic acids is 1. The van der Waals surface area contributed by atoms with Gasteiger partial charge in [-0.25, -0.2) is 5.43 Å². The van der Waals surface area contributed by atoms with Crippen molar-refractivity contribution < 1.29 is 4.79 Å². The summed E-state index contributed by atoms with van der Waals surface area (Å²) in [7, 11) is 0. The minimum Gasteiger partial charge on any atom is -0.267 e. The van der Waals surface area contributed by atoms with E-state index in [0.717, 1.165) is 30.5 Å². The molecule has 0 saturated carbocycles. The largest absolute Gasteiger partial charge is 0.272 e. The first kappa shape index (κ1) is 17.5. The predicted octanol–water partition coefficient (Wildman–Crippen LogP) is 5.32. The molecule has 0 aliphatic carbocycles. The maximum absolute atomic E-state index is 12.2. The molecule has 0 spiro atoms. The second-order valence-electron chi connectivity index (χ2n) is 5.09. The van der Waals surface area contributed by atoms with Crippen LogP contribution in [-0.4, -0.2) is 11.6 Å². The van der Waals surface area contributed by atoms with E-state index in [1.165, 1.54) is 6.07 Å². The van der Waals surface area contributed by atoms with E-state index in [0.29, 0.717) is 15.6 Å². The van der Waals surface area contributed by atoms with Crippen molar-refractivity contribution >= 4 is 34.8 Å². The zero-order valence-electron chi connectivity index (χ0n) is 12.9. The van der Waals surface area contributed by atoms with Crippen molar-refractivity contribution in [2.75, 3.05) is 0 Å². The summed E-state index contributed by atoms with van der Waals surface area (Å²) in [6.07, 6.45) is 2.86. The molecule has 0 aromatic heterocycles. The molecule has 0 fully saturated rings. The van der Waals surface area contributed by atoms with Gasteiger partial charge in [-0.3, -0.25) is 4.79 Å². The second kappa shape index (κ2) is 8.70. The van der Waals surface area contributed by atoms with Gasteiger partial charge in [-0.2, -0.15) is 5.10 Å². The van der Waals surface area contributed by atoms with Crippen LogP contribution in [0.2, 0.25) is 10.0 Å². The standard InChI is InChI=1S/C18H18Cl2N2O/c1-2-3-9-17(13-7-5-4-6-8-13)21-22-18(23)15-11-10-14(19)12-16(15)20/h4-8,10-12H,2-3,9H2,1H3,(H,22,23)/b21-17+. The molecule has 1 N–H and O–H groups in total. The maximum atomic E-state index is 12.2. The van der Waals surface area contributed by atoms with E-state index in [-0.39, 0.29) is 5.91 Å². The molecule has 2 aromatic carbocycles. The van der Waals surface area contributed by atoms with E-state index in [4.69, 9.17) is 23.2 Å². The summed E-state index contributed by atoms with van der Waals surface area (Å²) in [5.74, 6) is -0.350. The molecule has 1 amide bonds. The smallest absolute Gasteiger partial charge is 0.267 e. The molecule has 23 heavy (non-hydrogen) atoms. The van der Waals surface area contributed by atoms with Gasteiger partial charge in [-0.15, -0.1) is 0 Å². The normalized spacial score (nSPS) is 11.3. The molecule has 3 nitrogen and oxygen atoms in total. The summed E-state index contributed by atoms with van der Waals surface area (Å²) in [5.41, 5.74) is 4.79. The van der Waals surface area contributed by atoms with Crippen molar-refractivity contribution in [3.05, 3.63) is 69.7 Å². The number of rotatable bonds is 6. The first-order chi connectivity index (χ1) is 11.1. The Labute approximate surface area is 146 Å². The van der Waals surface area contributed by atoms with E-state index in [1.807, 2.05) is 30.3 Å². The minimum atomic E-state index is -0.350. The summed E-state index contributed by atoms with van der Waals surface area (Å²) in [6, 6.07) is 14.6. The van der Waals surface area contributed by atoms with Gasteiger partial charge >= 0.3 is 0 Å². The third-order valence-corrected chi connectivity index (χ3v) is 3.89. The Kier molecular flexibility index (Phi) is 6.63. The van der Waals surface area contributed by atoms with Crippen LogP contribution >= 0.6 is 23.2 Å². The first-order valence-electron chi connectivity index (χ1n) is 7.49. The van der Waals surface area contributed by atoms with Crippen LogP contribution in [0, 0.1) is 0 Å². The third kappa shape index (κ3) is 5.08. The topological polar surface area (TPSA) is 41.5 Å². The van der Waals surface area contributed by atoms with Crippen LogP contribution in [0.15, 0.2) is 53.6 Å². The molecule has 2 rings (SSSR count). The molecule has 5 heteroatoms. The number of hydrogen-bond donors (Lipinski definition) is 1. The van der Waals surface area contributed by atoms with Crippen molar-refractivity contribution in [2.45, 2.75) is 26.2 Å². The van der Waals surface area contributed by atoms with Crippen molar-refractivity contribution in [3.63, 3.8) is 0 Å². The number of amides is 1. The molecule has 0 heterocycles. The van der Waals surface area contributed by atoms with E-state index < -0.39 is 0 Å². The Morgan fingerprint density at radius 2 is 1.87 bits per heavy atom. The minimum absolute atomic E-state index is 0.306. The van der Waals surface area contributed by atoms with Crippen molar-refractivity contribution in [3.8, 4) is 0 Å². The molecule has 0 unspecified atom stereocenters. The molecular formula is C18H18Cl2N2O. The zero-order chi connectivity index (χ0) is 16.7. The maximum Gasteiger partial charge on any atom is 0.272 e. The number of unbranched alkanes of at least 4 members (excludes halogenated alkanes) is 1. The van der Waals surface area contributed by atoms with Gasteiger partial charge in [0, 0.05) is 5.02 Å². The lowest BCUT2D eigenvalue weighted by atomic mass is 10.1. The van der Waals surface area contributed by atoms with E-state index >= 15 is 0 Å². The van der Waals surface area contributed by atoms with Crippen LogP contribution in [-0.2, 0) is 0 Å². The average molecular weight is 349 g/mol. The van der Waals surface area contributed by atoms with Crippen molar-refractivity contribution in [2.24, 2.45) is 5.10 Å². The summed E-state index contributed by atoms with van der Waals surface area (Å²) in [4.78, 5) is 12.2. The van der Waals surface area contributed by atoms with Crippen LogP contribution < -0.4 is 5.43 Å². The summed E-state index contributed by atoms with van der Waals surface area (Å²) in [6.45, 7) is 2.12. The molecule has 0 bridgehead atoms. The summed E-state index contributed by atoms with van der Waals surface area (Å²) < 4.78 is 0. The van der Waals surface area contributed by atoms with Crippen molar-refractivity contribution in [1.29, 1.82) is 0 Å². The highest BCUT2D eigenvalue weighted by Gasteiger charge is 2.11. The van der Waals surface area contributed by atoms with E-state index in [2.05, 4.69) is 17.5 Å². The highest BCUT2D eigenvalue weighted by Crippen LogP contribution is 2.20. The Morgan fingerprint density at radius 1 is 1.13 bits per heavy atom. The quantitative estimate of drug-likeness (QED) is 0.557. The van der Waals surface area contributed by atoms with Crippen LogP contribution in [0.1, 0.15) is 42.1 Å². The molecule has 0 aliphatic heterocycles. The van der Waals surface area contributed by atoms with Gasteiger partial charge in [0.1, 0.15) is 0 Å². The van der Waals surface area contributed by atoms with Gasteiger partial charge in [-0.05, 0) is 36.6 Å². The Balaban J connectivity index is 2.17. The summed E-state index contributed by atoms with van der Waals surface area (Å²) in [5, 5.41) is 5.09. The predicted molar refractivity (Wildman–Crippen MR) is 96.4 cm³/mol. The number of hydrazone groups is 1. The van der Waals surface area contributed by atoms with Crippen LogP contribution in [0.4, 0.5) is 0 Å². The van der Waals surface area contributed by atoms with Crippen molar-refractivity contribution in [1.82, 2.24) is 5.43 Å². The van der Waals surface area contributed by atoms with Crippen LogP contribution in [0.3, 0.4) is 0 Å². The van der Waals surface area contributed by atoms with Gasteiger partial charge in [0.25, 0.3) is 5.91 Å². The number of carbonyl (C=O) groups is 1. The molecule has 2 aromatic rings. The van der Waals surface area contributed by atoms with E-state index in [1.54, 1.807) is 12.1 Å². The monoisotopic (exact) mass is 348 g/mol. The Bertz CT molecular complexity index is 699. The average Bonchev–Trinajstić information content (AvgIpc) is 2.55. The number of hydrogen-bond acceptors (Lipinski definition) is 2. The van der Waals surface area contributed by atoms with Gasteiger partial charge in [0.05, 0.1) is 16.3 Å². The Morgan fingerprint density at radius 3 is 2.52 bits per heavy atom. The third-order valence-electron chi connectivity index (χ3n) is 3.34. The second-order valence-corrected chi connectivity index (χ2v) is 5.94. The molecule has 0 aliphatic rings. The molecule has 0 atom stereocenters. The zero-order valence-corrected chi connectivity index (χ0v) is 14.4. The van der Waals surface area contributed by atoms with Gasteiger partial charge < -0.3 is 0 Å². The van der Waals surface area contributed by atoms with Gasteiger partial charge in [0.15, 0.2) is 0 Å². The molecular weight excluding hydrogens is 331 g/mol. The number of nitrogens with zero attached hydrogens (tertiary/aromatic N) is 1. The SMILES string of the molecule is CCCC/C(=N\NC(=O)c1ccc(Cl)cc1Cl)c1ccccc1. The molecule has 0 radical (unpaired) electrons. The lowest BCUT2D eigenvalue weighted by Crippen LogP contribution is -2.20. The van der Waals surface area contributed by atoms with E-state index in [9.17, 15) is 4.79 Å². The summed E-state index contributed by atoms with van der Waals surface area (Å²) >= 11 is 11.9. The first-order valence-corrected chi connectivity index (χ1v) is 8.24.